The number of amides is 1. The van der Waals surface area contributed by atoms with Crippen LogP contribution in [0.4, 0.5) is 14.6 Å². The van der Waals surface area contributed by atoms with Crippen molar-refractivity contribution in [2.75, 3.05) is 32.4 Å². The average Bonchev–Trinajstić information content (AvgIpc) is 3.60. The van der Waals surface area contributed by atoms with E-state index in [1.807, 2.05) is 36.4 Å². The lowest BCUT2D eigenvalue weighted by Crippen LogP contribution is -2.28. The predicted molar refractivity (Wildman–Crippen MR) is 154 cm³/mol. The van der Waals surface area contributed by atoms with Gasteiger partial charge in [-0.25, -0.2) is 18.7 Å². The minimum Gasteiger partial charge on any atom is -0.457 e. The summed E-state index contributed by atoms with van der Waals surface area (Å²) in [5.74, 6) is 1.26. The Morgan fingerprint density at radius 1 is 1.10 bits per heavy atom. The first-order valence-electron chi connectivity index (χ1n) is 13.8. The quantitative estimate of drug-likeness (QED) is 0.260. The van der Waals surface area contributed by atoms with E-state index in [-0.39, 0.29) is 23.5 Å². The number of carbonyl (C=O) groups excluding carboxylic acids is 1. The van der Waals surface area contributed by atoms with Gasteiger partial charge in [-0.1, -0.05) is 36.4 Å². The number of benzene rings is 2. The molecule has 1 unspecified atom stereocenters. The number of ether oxygens (including phenoxy) is 1. The summed E-state index contributed by atoms with van der Waals surface area (Å²) < 4.78 is 37.3. The number of fused-ring (bicyclic) bond motifs is 1. The van der Waals surface area contributed by atoms with Crippen molar-refractivity contribution in [3.05, 3.63) is 78.8 Å². The maximum atomic E-state index is 14.9. The Balaban J connectivity index is 1.30. The summed E-state index contributed by atoms with van der Waals surface area (Å²) in [4.78, 5) is 25.4. The standard InChI is InChI=1S/C31H32F2N6O2/c1-37(21-11-12-21)16-5-8-25(40)38-17-15-22(18-38)39-28(29(32)33)26(27-30(34)35-19-36-31(27)39)20-9-13-24(14-10-20)41-23-6-3-2-4-7-23/h2-10,13-14,19,21-22,29H,11-12,15-18H2,1H3,(H2,34,35,36)/b8-5+. The monoisotopic (exact) mass is 558 g/mol. The summed E-state index contributed by atoms with van der Waals surface area (Å²) in [6.07, 6.45) is 4.88. The fourth-order valence-corrected chi connectivity index (χ4v) is 5.61. The number of hydrogen-bond acceptors (Lipinski definition) is 6. The number of nitrogens with two attached hydrogens (primary N) is 1. The van der Waals surface area contributed by atoms with Crippen LogP contribution >= 0.6 is 0 Å². The van der Waals surface area contributed by atoms with E-state index in [2.05, 4.69) is 21.9 Å². The first-order chi connectivity index (χ1) is 19.9. The molecule has 3 heterocycles. The number of para-hydroxylation sites is 1. The Morgan fingerprint density at radius 2 is 1.83 bits per heavy atom. The number of nitrogens with zero attached hydrogens (tertiary/aromatic N) is 5. The summed E-state index contributed by atoms with van der Waals surface area (Å²) >= 11 is 0. The third-order valence-corrected chi connectivity index (χ3v) is 7.84. The third-order valence-electron chi connectivity index (χ3n) is 7.84. The molecule has 10 heteroatoms. The van der Waals surface area contributed by atoms with Gasteiger partial charge in [0.15, 0.2) is 0 Å². The summed E-state index contributed by atoms with van der Waals surface area (Å²) in [5.41, 5.74) is 7.29. The van der Waals surface area contributed by atoms with Crippen molar-refractivity contribution < 1.29 is 18.3 Å². The molecule has 2 aromatic carbocycles. The largest absolute Gasteiger partial charge is 0.457 e. The fourth-order valence-electron chi connectivity index (χ4n) is 5.61. The highest BCUT2D eigenvalue weighted by Gasteiger charge is 2.35. The van der Waals surface area contributed by atoms with Crippen molar-refractivity contribution in [3.8, 4) is 22.6 Å². The van der Waals surface area contributed by atoms with Crippen LogP contribution in [0.3, 0.4) is 0 Å². The molecule has 4 aromatic rings. The zero-order valence-electron chi connectivity index (χ0n) is 22.8. The van der Waals surface area contributed by atoms with E-state index in [1.54, 1.807) is 39.8 Å². The third kappa shape index (κ3) is 5.52. The molecular weight excluding hydrogens is 526 g/mol. The van der Waals surface area contributed by atoms with Crippen molar-refractivity contribution in [1.82, 2.24) is 24.3 Å². The molecular formula is C31H32F2N6O2. The Hall–Kier alpha value is -4.31. The molecule has 2 fully saturated rings. The normalized spacial score (nSPS) is 17.4. The number of nitrogen functional groups attached to an aromatic ring is 1. The van der Waals surface area contributed by atoms with Crippen LogP contribution < -0.4 is 10.5 Å². The number of alkyl halides is 2. The fraction of sp³-hybridized carbons (Fsp3) is 0.323. The van der Waals surface area contributed by atoms with Crippen LogP contribution in [-0.2, 0) is 4.79 Å². The van der Waals surface area contributed by atoms with E-state index in [0.717, 1.165) is 0 Å². The zero-order valence-corrected chi connectivity index (χ0v) is 22.8. The second-order valence-electron chi connectivity index (χ2n) is 10.6. The predicted octanol–water partition coefficient (Wildman–Crippen LogP) is 5.83. The van der Waals surface area contributed by atoms with E-state index < -0.39 is 6.43 Å². The minimum atomic E-state index is -2.80. The van der Waals surface area contributed by atoms with Crippen molar-refractivity contribution in [1.29, 1.82) is 0 Å². The van der Waals surface area contributed by atoms with Crippen LogP contribution in [0.1, 0.15) is 37.4 Å². The number of likely N-dealkylation sites (tertiary alicyclic amines) is 1. The molecule has 6 rings (SSSR count). The van der Waals surface area contributed by atoms with Crippen molar-refractivity contribution in [2.45, 2.75) is 37.8 Å². The van der Waals surface area contributed by atoms with Gasteiger partial charge in [-0.2, -0.15) is 0 Å². The molecule has 212 valence electrons. The van der Waals surface area contributed by atoms with Gasteiger partial charge in [-0.05, 0) is 56.1 Å². The number of anilines is 1. The number of rotatable bonds is 9. The van der Waals surface area contributed by atoms with Gasteiger partial charge in [0.05, 0.1) is 17.1 Å². The van der Waals surface area contributed by atoms with Crippen molar-refractivity contribution in [3.63, 3.8) is 0 Å². The van der Waals surface area contributed by atoms with Gasteiger partial charge in [-0.15, -0.1) is 0 Å². The van der Waals surface area contributed by atoms with Crippen LogP contribution in [0.5, 0.6) is 11.5 Å². The highest BCUT2D eigenvalue weighted by atomic mass is 19.3. The SMILES string of the molecule is CN(C/C=C/C(=O)N1CCC(n2c(C(F)F)c(-c3ccc(Oc4ccccc4)cc3)c3c(N)ncnc32)C1)C1CC1. The van der Waals surface area contributed by atoms with E-state index >= 15 is 0 Å². The van der Waals surface area contributed by atoms with Crippen LogP contribution in [0.15, 0.2) is 73.1 Å². The Kier molecular flexibility index (Phi) is 7.40. The lowest BCUT2D eigenvalue weighted by atomic mass is 10.0. The Bertz CT molecular complexity index is 1570. The maximum absolute atomic E-state index is 14.9. The molecule has 1 saturated carbocycles. The molecule has 0 bridgehead atoms. The molecule has 2 aromatic heterocycles. The number of likely N-dealkylation sites (N-methyl/N-ethyl adjacent to an activating group) is 1. The molecule has 2 aliphatic rings. The van der Waals surface area contributed by atoms with E-state index in [4.69, 9.17) is 10.5 Å². The van der Waals surface area contributed by atoms with Crippen LogP contribution in [0.2, 0.25) is 0 Å². The number of carbonyl (C=O) groups is 1. The van der Waals surface area contributed by atoms with Gasteiger partial charge in [0.25, 0.3) is 6.43 Å². The lowest BCUT2D eigenvalue weighted by molar-refractivity contribution is -0.125. The molecule has 41 heavy (non-hydrogen) atoms. The summed E-state index contributed by atoms with van der Waals surface area (Å²) in [6, 6.07) is 16.5. The van der Waals surface area contributed by atoms with Crippen LogP contribution in [-0.4, -0.2) is 63.0 Å². The van der Waals surface area contributed by atoms with Crippen LogP contribution in [0, 0.1) is 0 Å². The lowest BCUT2D eigenvalue weighted by Gasteiger charge is -2.19. The Labute approximate surface area is 237 Å². The number of aromatic nitrogens is 3. The summed E-state index contributed by atoms with van der Waals surface area (Å²) in [6.45, 7) is 1.48. The van der Waals surface area contributed by atoms with Gasteiger partial charge in [0.2, 0.25) is 5.91 Å². The first-order valence-corrected chi connectivity index (χ1v) is 13.8. The zero-order chi connectivity index (χ0) is 28.5. The van der Waals surface area contributed by atoms with E-state index in [0.29, 0.717) is 65.8 Å². The highest BCUT2D eigenvalue weighted by molar-refractivity contribution is 6.02. The second-order valence-corrected chi connectivity index (χ2v) is 10.6. The number of halogens is 2. The van der Waals surface area contributed by atoms with E-state index in [1.165, 1.54) is 19.2 Å². The average molecular weight is 559 g/mol. The van der Waals surface area contributed by atoms with Gasteiger partial charge in [-0.3, -0.25) is 9.69 Å². The molecule has 0 radical (unpaired) electrons. The molecule has 1 aliphatic heterocycles. The van der Waals surface area contributed by atoms with Gasteiger partial charge in [0, 0.05) is 37.3 Å². The molecule has 8 nitrogen and oxygen atoms in total. The van der Waals surface area contributed by atoms with Crippen molar-refractivity contribution in [2.24, 2.45) is 0 Å². The molecule has 1 atom stereocenters. The summed E-state index contributed by atoms with van der Waals surface area (Å²) in [7, 11) is 2.05. The number of hydrogen-bond donors (Lipinski definition) is 1. The smallest absolute Gasteiger partial charge is 0.279 e. The molecule has 0 spiro atoms. The first kappa shape index (κ1) is 26.9. The molecule has 1 aliphatic carbocycles. The summed E-state index contributed by atoms with van der Waals surface area (Å²) in [5, 5.41) is 0.382. The van der Waals surface area contributed by atoms with E-state index in [9.17, 15) is 13.6 Å². The minimum absolute atomic E-state index is 0.116. The molecule has 1 amide bonds. The highest BCUT2D eigenvalue weighted by Crippen LogP contribution is 2.44. The van der Waals surface area contributed by atoms with Gasteiger partial charge < -0.3 is 19.9 Å². The molecule has 1 saturated heterocycles. The second kappa shape index (κ2) is 11.3. The maximum Gasteiger partial charge on any atom is 0.279 e. The topological polar surface area (TPSA) is 89.5 Å². The van der Waals surface area contributed by atoms with Gasteiger partial charge in [0.1, 0.15) is 29.3 Å². The van der Waals surface area contributed by atoms with Crippen molar-refractivity contribution >= 4 is 22.8 Å². The Morgan fingerprint density at radius 3 is 2.54 bits per heavy atom. The van der Waals surface area contributed by atoms with Gasteiger partial charge >= 0.3 is 0 Å². The molecule has 2 N–H and O–H groups in total. The van der Waals surface area contributed by atoms with Crippen LogP contribution in [0.25, 0.3) is 22.2 Å².